The Balaban J connectivity index is 1.41. The lowest BCUT2D eigenvalue weighted by molar-refractivity contribution is -0.120. The van der Waals surface area contributed by atoms with Crippen molar-refractivity contribution in [3.63, 3.8) is 0 Å². The molecule has 0 saturated carbocycles. The number of hydrogen-bond acceptors (Lipinski definition) is 5. The Labute approximate surface area is 206 Å². The first-order valence-corrected chi connectivity index (χ1v) is 11.4. The molecular formula is C27H23N3O6. The maximum atomic E-state index is 13.5. The lowest BCUT2D eigenvalue weighted by atomic mass is 10.0. The van der Waals surface area contributed by atoms with E-state index in [2.05, 4.69) is 10.6 Å². The summed E-state index contributed by atoms with van der Waals surface area (Å²) in [6, 6.07) is 17.0. The van der Waals surface area contributed by atoms with Gasteiger partial charge in [0.1, 0.15) is 11.8 Å². The Morgan fingerprint density at radius 3 is 2.39 bits per heavy atom. The molecule has 2 unspecified atom stereocenters. The Hall–Kier alpha value is -4.66. The molecule has 5 rings (SSSR count). The van der Waals surface area contributed by atoms with Crippen LogP contribution in [0.2, 0.25) is 0 Å². The molecule has 0 spiro atoms. The van der Waals surface area contributed by atoms with Gasteiger partial charge in [-0.15, -0.1) is 0 Å². The van der Waals surface area contributed by atoms with Gasteiger partial charge in [-0.25, -0.2) is 4.79 Å². The Kier molecular flexibility index (Phi) is 5.89. The van der Waals surface area contributed by atoms with Gasteiger partial charge >= 0.3 is 5.97 Å². The van der Waals surface area contributed by atoms with Crippen molar-refractivity contribution in [1.29, 1.82) is 0 Å². The number of hydrogen-bond donors (Lipinski definition) is 3. The molecule has 2 aliphatic rings. The van der Waals surface area contributed by atoms with Crippen LogP contribution in [0.1, 0.15) is 37.5 Å². The van der Waals surface area contributed by atoms with Crippen LogP contribution in [0.5, 0.6) is 5.75 Å². The predicted molar refractivity (Wildman–Crippen MR) is 131 cm³/mol. The van der Waals surface area contributed by atoms with Crippen molar-refractivity contribution < 1.29 is 29.0 Å². The normalized spacial score (nSPS) is 18.5. The van der Waals surface area contributed by atoms with Gasteiger partial charge in [-0.1, -0.05) is 30.3 Å². The predicted octanol–water partition coefficient (Wildman–Crippen LogP) is 3.03. The van der Waals surface area contributed by atoms with E-state index in [1.165, 1.54) is 23.1 Å². The van der Waals surface area contributed by atoms with E-state index in [1.807, 2.05) is 30.3 Å². The Morgan fingerprint density at radius 2 is 1.69 bits per heavy atom. The summed E-state index contributed by atoms with van der Waals surface area (Å²) in [6.07, 6.45) is 0.359. The van der Waals surface area contributed by atoms with Crippen LogP contribution in [-0.2, 0) is 4.79 Å². The second kappa shape index (κ2) is 9.18. The first kappa shape index (κ1) is 23.1. The number of amides is 3. The first-order valence-electron chi connectivity index (χ1n) is 11.4. The number of aromatic carboxylic acids is 1. The number of ether oxygens (including phenoxy) is 1. The van der Waals surface area contributed by atoms with E-state index in [4.69, 9.17) is 4.74 Å². The van der Waals surface area contributed by atoms with E-state index < -0.39 is 29.9 Å². The highest BCUT2D eigenvalue weighted by atomic mass is 16.5. The molecule has 36 heavy (non-hydrogen) atoms. The Bertz CT molecular complexity index is 1380. The first-order chi connectivity index (χ1) is 17.4. The van der Waals surface area contributed by atoms with E-state index >= 15 is 0 Å². The molecule has 0 aromatic heterocycles. The minimum absolute atomic E-state index is 0.00349. The van der Waals surface area contributed by atoms with Gasteiger partial charge in [0.25, 0.3) is 11.8 Å². The summed E-state index contributed by atoms with van der Waals surface area (Å²) in [4.78, 5) is 52.6. The molecule has 9 nitrogen and oxygen atoms in total. The zero-order valence-corrected chi connectivity index (χ0v) is 19.4. The van der Waals surface area contributed by atoms with Crippen molar-refractivity contribution in [1.82, 2.24) is 10.2 Å². The van der Waals surface area contributed by atoms with Crippen molar-refractivity contribution in [2.24, 2.45) is 0 Å². The standard InChI is InChI=1S/C27H23N3O6/c1-36-17-9-6-15(7-10-17)16-8-11-21-20(14-16)26(33)30-13-12-22(23(30)25(32)28-21)29-24(31)18-4-2-3-5-19(18)27(34)35/h2-11,14,22-23H,12-13H2,1H3,(H,28,32)(H,29,31)(H,34,35). The number of carboxylic acids is 1. The van der Waals surface area contributed by atoms with Crippen LogP contribution in [-0.4, -0.2) is 59.4 Å². The van der Waals surface area contributed by atoms with Gasteiger partial charge in [0.15, 0.2) is 0 Å². The molecule has 3 amide bonds. The van der Waals surface area contributed by atoms with Gasteiger partial charge in [0.2, 0.25) is 5.91 Å². The quantitative estimate of drug-likeness (QED) is 0.510. The lowest BCUT2D eigenvalue weighted by Gasteiger charge is -2.25. The minimum Gasteiger partial charge on any atom is -0.497 e. The molecule has 0 bridgehead atoms. The van der Waals surface area contributed by atoms with Crippen molar-refractivity contribution >= 4 is 29.4 Å². The zero-order chi connectivity index (χ0) is 25.4. The van der Waals surface area contributed by atoms with E-state index in [0.29, 0.717) is 17.7 Å². The fourth-order valence-electron chi connectivity index (χ4n) is 4.76. The summed E-state index contributed by atoms with van der Waals surface area (Å²) in [5.74, 6) is -1.83. The van der Waals surface area contributed by atoms with Crippen LogP contribution in [0.4, 0.5) is 5.69 Å². The van der Waals surface area contributed by atoms with Gasteiger partial charge in [0.05, 0.1) is 35.5 Å². The molecule has 0 radical (unpaired) electrons. The summed E-state index contributed by atoms with van der Waals surface area (Å²) in [7, 11) is 1.59. The third kappa shape index (κ3) is 4.04. The van der Waals surface area contributed by atoms with Crippen LogP contribution in [0.25, 0.3) is 11.1 Å². The average molecular weight is 485 g/mol. The highest BCUT2D eigenvalue weighted by Gasteiger charge is 2.45. The van der Waals surface area contributed by atoms with Gasteiger partial charge in [-0.3, -0.25) is 14.4 Å². The maximum Gasteiger partial charge on any atom is 0.336 e. The highest BCUT2D eigenvalue weighted by Crippen LogP contribution is 2.33. The zero-order valence-electron chi connectivity index (χ0n) is 19.4. The van der Waals surface area contributed by atoms with E-state index in [9.17, 15) is 24.3 Å². The monoisotopic (exact) mass is 485 g/mol. The smallest absolute Gasteiger partial charge is 0.336 e. The van der Waals surface area contributed by atoms with Crippen molar-refractivity contribution in [3.8, 4) is 16.9 Å². The summed E-state index contributed by atoms with van der Waals surface area (Å²) in [5, 5.41) is 15.0. The number of fused-ring (bicyclic) bond motifs is 2. The largest absolute Gasteiger partial charge is 0.497 e. The molecule has 3 aromatic carbocycles. The number of rotatable bonds is 5. The SMILES string of the molecule is COc1ccc(-c2ccc3c(c2)C(=O)N2CCC(NC(=O)c4ccccc4C(=O)O)C2C(=O)N3)cc1. The number of benzene rings is 3. The van der Waals surface area contributed by atoms with Gasteiger partial charge in [0, 0.05) is 6.54 Å². The van der Waals surface area contributed by atoms with E-state index in [1.54, 1.807) is 25.3 Å². The van der Waals surface area contributed by atoms with Gasteiger partial charge in [-0.2, -0.15) is 0 Å². The second-order valence-electron chi connectivity index (χ2n) is 8.64. The summed E-state index contributed by atoms with van der Waals surface area (Å²) in [5.41, 5.74) is 2.33. The molecule has 9 heteroatoms. The topological polar surface area (TPSA) is 125 Å². The number of carbonyl (C=O) groups is 4. The number of carboxylic acid groups (broad SMARTS) is 1. The highest BCUT2D eigenvalue weighted by molar-refractivity contribution is 6.11. The Morgan fingerprint density at radius 1 is 1.00 bits per heavy atom. The fourth-order valence-corrected chi connectivity index (χ4v) is 4.76. The number of methoxy groups -OCH3 is 1. The number of nitrogens with zero attached hydrogens (tertiary/aromatic N) is 1. The summed E-state index contributed by atoms with van der Waals surface area (Å²) < 4.78 is 5.20. The van der Waals surface area contributed by atoms with Crippen molar-refractivity contribution in [2.45, 2.75) is 18.5 Å². The molecule has 2 heterocycles. The van der Waals surface area contributed by atoms with E-state index in [0.717, 1.165) is 16.9 Å². The molecule has 3 aromatic rings. The molecule has 1 fully saturated rings. The van der Waals surface area contributed by atoms with Crippen molar-refractivity contribution in [3.05, 3.63) is 83.4 Å². The van der Waals surface area contributed by atoms with Gasteiger partial charge in [-0.05, 0) is 53.9 Å². The fraction of sp³-hybridized carbons (Fsp3) is 0.185. The minimum atomic E-state index is -1.22. The van der Waals surface area contributed by atoms with E-state index in [-0.39, 0.29) is 23.6 Å². The average Bonchev–Trinajstić information content (AvgIpc) is 3.27. The third-order valence-electron chi connectivity index (χ3n) is 6.58. The third-order valence-corrected chi connectivity index (χ3v) is 6.58. The molecule has 182 valence electrons. The van der Waals surface area contributed by atoms with Gasteiger partial charge < -0.3 is 25.4 Å². The molecule has 2 aliphatic heterocycles. The van der Waals surface area contributed by atoms with Crippen LogP contribution in [0.15, 0.2) is 66.7 Å². The molecule has 3 N–H and O–H groups in total. The van der Waals surface area contributed by atoms with Crippen molar-refractivity contribution in [2.75, 3.05) is 19.0 Å². The molecule has 2 atom stereocenters. The summed E-state index contributed by atoms with van der Waals surface area (Å²) in [6.45, 7) is 0.272. The van der Waals surface area contributed by atoms with Crippen LogP contribution in [0.3, 0.4) is 0 Å². The molecular weight excluding hydrogens is 462 g/mol. The number of anilines is 1. The second-order valence-corrected chi connectivity index (χ2v) is 8.64. The lowest BCUT2D eigenvalue weighted by Crippen LogP contribution is -2.51. The number of nitrogens with one attached hydrogen (secondary N) is 2. The molecule has 1 saturated heterocycles. The van der Waals surface area contributed by atoms with Crippen LogP contribution < -0.4 is 15.4 Å². The maximum absolute atomic E-state index is 13.5. The van der Waals surface area contributed by atoms with Crippen LogP contribution >= 0.6 is 0 Å². The van der Waals surface area contributed by atoms with Crippen LogP contribution in [0, 0.1) is 0 Å². The summed E-state index contributed by atoms with van der Waals surface area (Å²) >= 11 is 0. The molecule has 0 aliphatic carbocycles. The number of carbonyl (C=O) groups excluding carboxylic acids is 3.